The van der Waals surface area contributed by atoms with Crippen LogP contribution >= 0.6 is 0 Å². The van der Waals surface area contributed by atoms with Crippen molar-refractivity contribution in [3.05, 3.63) is 0 Å². The molecule has 0 aliphatic carbocycles. The Bertz CT molecular complexity index is 189. The van der Waals surface area contributed by atoms with E-state index in [4.69, 9.17) is 4.74 Å². The van der Waals surface area contributed by atoms with Crippen molar-refractivity contribution >= 4 is 0 Å². The van der Waals surface area contributed by atoms with E-state index in [1.165, 1.54) is 19.3 Å². The fraction of sp³-hybridized carbons (Fsp3) is 1.00. The zero-order valence-corrected chi connectivity index (χ0v) is 12.0. The second-order valence-corrected chi connectivity index (χ2v) is 5.20. The Balaban J connectivity index is 2.46. The van der Waals surface area contributed by atoms with Gasteiger partial charge in [0.2, 0.25) is 0 Å². The van der Waals surface area contributed by atoms with E-state index in [9.17, 15) is 0 Å². The Morgan fingerprint density at radius 2 is 2.00 bits per heavy atom. The van der Waals surface area contributed by atoms with Gasteiger partial charge in [0.05, 0.1) is 6.61 Å². The third kappa shape index (κ3) is 4.57. The summed E-state index contributed by atoms with van der Waals surface area (Å²) in [4.78, 5) is 2.52. The summed E-state index contributed by atoms with van der Waals surface area (Å²) in [6.45, 7) is 10.8. The van der Waals surface area contributed by atoms with Crippen LogP contribution in [0.1, 0.15) is 40.0 Å². The average molecular weight is 242 g/mol. The minimum absolute atomic E-state index is 0.591. The number of likely N-dealkylation sites (N-methyl/N-ethyl adjacent to an activating group) is 2. The highest BCUT2D eigenvalue weighted by Gasteiger charge is 2.27. The fourth-order valence-electron chi connectivity index (χ4n) is 2.88. The van der Waals surface area contributed by atoms with Crippen LogP contribution in [0.3, 0.4) is 0 Å². The first kappa shape index (κ1) is 14.9. The molecule has 1 fully saturated rings. The van der Waals surface area contributed by atoms with E-state index in [0.717, 1.165) is 32.3 Å². The molecule has 1 heterocycles. The zero-order chi connectivity index (χ0) is 12.7. The van der Waals surface area contributed by atoms with E-state index in [2.05, 4.69) is 38.0 Å². The first-order chi connectivity index (χ1) is 8.22. The Morgan fingerprint density at radius 3 is 2.47 bits per heavy atom. The first-order valence-corrected chi connectivity index (χ1v) is 7.24. The van der Waals surface area contributed by atoms with Gasteiger partial charge in [0, 0.05) is 31.2 Å². The summed E-state index contributed by atoms with van der Waals surface area (Å²) >= 11 is 0. The second kappa shape index (κ2) is 8.06. The highest BCUT2D eigenvalue weighted by Crippen LogP contribution is 2.18. The van der Waals surface area contributed by atoms with Gasteiger partial charge in [-0.3, -0.25) is 0 Å². The van der Waals surface area contributed by atoms with Gasteiger partial charge in [-0.15, -0.1) is 0 Å². The van der Waals surface area contributed by atoms with E-state index in [1.807, 2.05) is 0 Å². The van der Waals surface area contributed by atoms with Gasteiger partial charge in [-0.1, -0.05) is 20.8 Å². The molecule has 2 unspecified atom stereocenters. The molecular formula is C14H30N2O. The minimum Gasteiger partial charge on any atom is -0.381 e. The van der Waals surface area contributed by atoms with Crippen LogP contribution in [0.15, 0.2) is 0 Å². The molecular weight excluding hydrogens is 212 g/mol. The molecule has 17 heavy (non-hydrogen) atoms. The Kier molecular flexibility index (Phi) is 7.09. The molecule has 2 atom stereocenters. The molecule has 0 bridgehead atoms. The van der Waals surface area contributed by atoms with E-state index in [1.54, 1.807) is 0 Å². The fourth-order valence-corrected chi connectivity index (χ4v) is 2.88. The van der Waals surface area contributed by atoms with Gasteiger partial charge in [0.1, 0.15) is 0 Å². The topological polar surface area (TPSA) is 24.5 Å². The Hall–Kier alpha value is -0.120. The number of rotatable bonds is 8. The summed E-state index contributed by atoms with van der Waals surface area (Å²) in [6, 6.07) is 1.31. The smallest absolute Gasteiger partial charge is 0.0510 e. The van der Waals surface area contributed by atoms with Crippen LogP contribution in [-0.4, -0.2) is 50.3 Å². The lowest BCUT2D eigenvalue weighted by Crippen LogP contribution is -2.47. The lowest BCUT2D eigenvalue weighted by atomic mass is 9.97. The molecule has 0 spiro atoms. The molecule has 1 rings (SSSR count). The van der Waals surface area contributed by atoms with Gasteiger partial charge in [-0.2, -0.15) is 0 Å². The molecule has 1 N–H and O–H groups in total. The lowest BCUT2D eigenvalue weighted by Gasteiger charge is -2.32. The predicted molar refractivity (Wildman–Crippen MR) is 73.4 cm³/mol. The number of hydrogen-bond acceptors (Lipinski definition) is 3. The summed E-state index contributed by atoms with van der Waals surface area (Å²) in [5.74, 6) is 0.701. The Morgan fingerprint density at radius 1 is 1.29 bits per heavy atom. The minimum atomic E-state index is 0.591. The summed E-state index contributed by atoms with van der Waals surface area (Å²) in [7, 11) is 2.26. The average Bonchev–Trinajstić information content (AvgIpc) is 2.83. The van der Waals surface area contributed by atoms with Crippen LogP contribution in [0.2, 0.25) is 0 Å². The standard InChI is InChI=1S/C14H30N2O/c1-5-13(6-2)16(4)10-14(15-7-3)12-8-9-17-11-12/h12-15H,5-11H2,1-4H3. The van der Waals surface area contributed by atoms with Crippen LogP contribution in [0.5, 0.6) is 0 Å². The molecule has 1 aliphatic heterocycles. The van der Waals surface area contributed by atoms with Crippen LogP contribution in [0.25, 0.3) is 0 Å². The number of nitrogens with zero attached hydrogens (tertiary/aromatic N) is 1. The van der Waals surface area contributed by atoms with Gasteiger partial charge < -0.3 is 15.0 Å². The normalized spacial score (nSPS) is 22.6. The molecule has 1 saturated heterocycles. The van der Waals surface area contributed by atoms with Crippen molar-refractivity contribution in [2.45, 2.75) is 52.1 Å². The van der Waals surface area contributed by atoms with Gasteiger partial charge in [0.15, 0.2) is 0 Å². The molecule has 1 aliphatic rings. The molecule has 0 amide bonds. The third-order valence-corrected chi connectivity index (χ3v) is 4.05. The largest absolute Gasteiger partial charge is 0.381 e. The maximum absolute atomic E-state index is 5.52. The molecule has 0 aromatic rings. The number of nitrogens with one attached hydrogen (secondary N) is 1. The summed E-state index contributed by atoms with van der Waals surface area (Å²) in [5, 5.41) is 3.64. The van der Waals surface area contributed by atoms with Crippen molar-refractivity contribution in [3.8, 4) is 0 Å². The predicted octanol–water partition coefficient (Wildman–Crippen LogP) is 2.12. The van der Waals surface area contributed by atoms with Gasteiger partial charge in [-0.05, 0) is 32.9 Å². The second-order valence-electron chi connectivity index (χ2n) is 5.20. The van der Waals surface area contributed by atoms with Crippen molar-refractivity contribution in [2.24, 2.45) is 5.92 Å². The maximum atomic E-state index is 5.52. The summed E-state index contributed by atoms with van der Waals surface area (Å²) < 4.78 is 5.52. The zero-order valence-electron chi connectivity index (χ0n) is 12.0. The van der Waals surface area contributed by atoms with Gasteiger partial charge in [-0.25, -0.2) is 0 Å². The van der Waals surface area contributed by atoms with Crippen molar-refractivity contribution in [1.82, 2.24) is 10.2 Å². The van der Waals surface area contributed by atoms with Crippen LogP contribution in [-0.2, 0) is 4.74 Å². The molecule has 0 aromatic carbocycles. The lowest BCUT2D eigenvalue weighted by molar-refractivity contribution is 0.152. The van der Waals surface area contributed by atoms with Crippen LogP contribution in [0, 0.1) is 5.92 Å². The third-order valence-electron chi connectivity index (χ3n) is 4.05. The molecule has 3 nitrogen and oxygen atoms in total. The quantitative estimate of drug-likeness (QED) is 0.705. The molecule has 3 heteroatoms. The van der Waals surface area contributed by atoms with Crippen molar-refractivity contribution in [2.75, 3.05) is 33.4 Å². The van der Waals surface area contributed by atoms with Crippen molar-refractivity contribution < 1.29 is 4.74 Å². The highest BCUT2D eigenvalue weighted by atomic mass is 16.5. The van der Waals surface area contributed by atoms with Crippen molar-refractivity contribution in [3.63, 3.8) is 0 Å². The van der Waals surface area contributed by atoms with E-state index >= 15 is 0 Å². The maximum Gasteiger partial charge on any atom is 0.0510 e. The number of hydrogen-bond donors (Lipinski definition) is 1. The number of ether oxygens (including phenoxy) is 1. The first-order valence-electron chi connectivity index (χ1n) is 7.24. The van der Waals surface area contributed by atoms with E-state index in [0.29, 0.717) is 12.0 Å². The van der Waals surface area contributed by atoms with E-state index in [-0.39, 0.29) is 0 Å². The monoisotopic (exact) mass is 242 g/mol. The summed E-state index contributed by atoms with van der Waals surface area (Å²) in [6.07, 6.45) is 3.70. The van der Waals surface area contributed by atoms with E-state index < -0.39 is 0 Å². The van der Waals surface area contributed by atoms with Gasteiger partial charge >= 0.3 is 0 Å². The molecule has 0 aromatic heterocycles. The SMILES string of the molecule is CCNC(CN(C)C(CC)CC)C1CCOC1. The Labute approximate surface area is 107 Å². The molecule has 102 valence electrons. The molecule has 0 saturated carbocycles. The van der Waals surface area contributed by atoms with Crippen LogP contribution < -0.4 is 5.32 Å². The summed E-state index contributed by atoms with van der Waals surface area (Å²) in [5.41, 5.74) is 0. The highest BCUT2D eigenvalue weighted by molar-refractivity contribution is 4.83. The van der Waals surface area contributed by atoms with Crippen molar-refractivity contribution in [1.29, 1.82) is 0 Å². The molecule has 0 radical (unpaired) electrons. The van der Waals surface area contributed by atoms with Crippen LogP contribution in [0.4, 0.5) is 0 Å². The van der Waals surface area contributed by atoms with Gasteiger partial charge in [0.25, 0.3) is 0 Å².